The minimum Gasteiger partial charge on any atom is -0.455 e. The number of ether oxygens (including phenoxy) is 3. The number of benzene rings is 3. The van der Waals surface area contributed by atoms with Gasteiger partial charge in [-0.3, -0.25) is 14.6 Å². The molecule has 2 saturated heterocycles. The lowest BCUT2D eigenvalue weighted by atomic mass is 9.71. The molecule has 3 aliphatic rings. The van der Waals surface area contributed by atoms with Gasteiger partial charge in [-0.25, -0.2) is 27.1 Å². The fraction of sp³-hybridized carbons (Fsp3) is 0.442. The number of H-pyrrole nitrogens is 1. The lowest BCUT2D eigenvalue weighted by Crippen LogP contribution is -2.47. The number of carbonyl (C=O) groups is 2. The number of morpholine rings is 1. The molecule has 74 heavy (non-hydrogen) atoms. The van der Waals surface area contributed by atoms with E-state index in [1.807, 2.05) is 49.8 Å². The van der Waals surface area contributed by atoms with Gasteiger partial charge in [0.25, 0.3) is 15.9 Å². The van der Waals surface area contributed by atoms with Crippen molar-refractivity contribution in [2.75, 3.05) is 88.9 Å². The van der Waals surface area contributed by atoms with E-state index in [0.29, 0.717) is 87.9 Å². The summed E-state index contributed by atoms with van der Waals surface area (Å²) in [5, 5.41) is 7.26. The number of hydrogen-bond donors (Lipinski definition) is 4. The largest absolute Gasteiger partial charge is 0.475 e. The van der Waals surface area contributed by atoms with Crippen molar-refractivity contribution in [2.45, 2.75) is 74.3 Å². The van der Waals surface area contributed by atoms with Gasteiger partial charge in [0.1, 0.15) is 22.7 Å². The summed E-state index contributed by atoms with van der Waals surface area (Å²) in [4.78, 5) is 39.4. The molecular weight excluding hydrogens is 1020 g/mol. The van der Waals surface area contributed by atoms with E-state index in [9.17, 15) is 35.4 Å². The number of fused-ring (bicyclic) bond motifs is 1. The Morgan fingerprint density at radius 1 is 0.946 bits per heavy atom. The van der Waals surface area contributed by atoms with E-state index in [-0.39, 0.29) is 34.7 Å². The smallest absolute Gasteiger partial charge is 0.455 e. The quantitative estimate of drug-likeness (QED) is 0.0647. The van der Waals surface area contributed by atoms with Crippen molar-refractivity contribution in [1.82, 2.24) is 29.8 Å². The van der Waals surface area contributed by atoms with Crippen LogP contribution in [0.15, 0.2) is 101 Å². The third kappa shape index (κ3) is 14.2. The number of pyridine rings is 1. The summed E-state index contributed by atoms with van der Waals surface area (Å²) in [5.41, 5.74) is -1.40. The molecule has 2 fully saturated rings. The highest BCUT2D eigenvalue weighted by atomic mass is 35.5. The molecule has 0 bridgehead atoms. The van der Waals surface area contributed by atoms with Gasteiger partial charge in [0.2, 0.25) is 0 Å². The highest BCUT2D eigenvalue weighted by Gasteiger charge is 2.40. The van der Waals surface area contributed by atoms with Crippen LogP contribution in [0, 0.1) is 5.41 Å². The number of allylic oxidation sites excluding steroid dienone is 1. The zero-order valence-corrected chi connectivity index (χ0v) is 44.2. The van der Waals surface area contributed by atoms with Gasteiger partial charge < -0.3 is 34.7 Å². The van der Waals surface area contributed by atoms with E-state index in [1.54, 1.807) is 30.5 Å². The topological polar surface area (TPSA) is 188 Å². The van der Waals surface area contributed by atoms with Gasteiger partial charge in [-0.05, 0) is 124 Å². The third-order valence-electron chi connectivity index (χ3n) is 13.2. The van der Waals surface area contributed by atoms with Gasteiger partial charge in [-0.15, -0.1) is 0 Å². The number of anilines is 2. The Morgan fingerprint density at radius 2 is 1.69 bits per heavy atom. The van der Waals surface area contributed by atoms with Crippen LogP contribution in [0.5, 0.6) is 11.5 Å². The van der Waals surface area contributed by atoms with E-state index in [4.69, 9.17) is 25.8 Å². The maximum Gasteiger partial charge on any atom is 0.475 e. The number of nitrogens with zero attached hydrogens (tertiary/aromatic N) is 4. The summed E-state index contributed by atoms with van der Waals surface area (Å²) in [6.07, 6.45) is 5.71. The first-order chi connectivity index (χ1) is 35.1. The fourth-order valence-electron chi connectivity index (χ4n) is 9.41. The van der Waals surface area contributed by atoms with E-state index in [1.165, 1.54) is 23.4 Å². The number of alkyl halides is 3. The Morgan fingerprint density at radius 3 is 2.41 bits per heavy atom. The average Bonchev–Trinajstić information content (AvgIpc) is 3.83. The summed E-state index contributed by atoms with van der Waals surface area (Å²) >= 11 is 6.29. The van der Waals surface area contributed by atoms with Crippen LogP contribution in [0.3, 0.4) is 0 Å². The Kier molecular flexibility index (Phi) is 17.0. The van der Waals surface area contributed by atoms with Crippen LogP contribution in [0.2, 0.25) is 5.02 Å². The molecule has 22 heteroatoms. The molecule has 0 spiro atoms. The van der Waals surface area contributed by atoms with Gasteiger partial charge in [-0.2, -0.15) is 13.2 Å². The lowest BCUT2D eigenvalue weighted by molar-refractivity contribution is -0.0384. The minimum atomic E-state index is -5.20. The number of hydrogen-bond acceptors (Lipinski definition) is 13. The first-order valence-corrected chi connectivity index (χ1v) is 27.5. The maximum atomic E-state index is 14.1. The van der Waals surface area contributed by atoms with Crippen molar-refractivity contribution >= 4 is 72.4 Å². The van der Waals surface area contributed by atoms with Gasteiger partial charge in [-0.1, -0.05) is 36.2 Å². The second-order valence-electron chi connectivity index (χ2n) is 20.1. The number of halogens is 4. The number of piperazine rings is 1. The monoisotopic (exact) mass is 1080 g/mol. The molecule has 2 amide bonds. The van der Waals surface area contributed by atoms with Crippen molar-refractivity contribution in [3.63, 3.8) is 0 Å². The summed E-state index contributed by atoms with van der Waals surface area (Å²) in [6, 6.07) is 19.0. The standard InChI is InChI=1S/C52H62ClF3N8O8S2/c1-50(2,3)72-49(66)60-34-51(4)16-14-42(35-6-8-38(53)9-7-35)37(31-51)33-63-20-22-64(23-21-63)39-10-12-43(45(29-39)71-40-28-36-15-18-58-47(36)59-32-40)48(65)61-74(68,69)41-11-13-44(46(30-41)73(67)52(54,55)56)57-17-5-19-62-24-26-70-27-25-62/h6-13,15,18,28-30,32,57H,5,14,16-17,19-27,31,33-34H2,1-4H3,(H,58,59)(H,60,66)(H,61,65). The number of sulfonamides is 1. The molecule has 2 unspecified atom stereocenters. The predicted octanol–water partition coefficient (Wildman–Crippen LogP) is 9.18. The molecule has 2 aromatic heterocycles. The van der Waals surface area contributed by atoms with Gasteiger partial charge in [0.15, 0.2) is 10.8 Å². The van der Waals surface area contributed by atoms with E-state index < -0.39 is 53.7 Å². The molecule has 0 saturated carbocycles. The minimum absolute atomic E-state index is 0.00375. The molecule has 2 aliphatic heterocycles. The molecule has 4 N–H and O–H groups in total. The molecule has 2 atom stereocenters. The number of nitrogens with one attached hydrogen (secondary N) is 4. The molecular formula is C52H62ClF3N8O8S2. The normalized spacial score (nSPS) is 18.8. The Hall–Kier alpha value is -5.71. The van der Waals surface area contributed by atoms with Gasteiger partial charge >= 0.3 is 11.6 Å². The third-order valence-corrected chi connectivity index (χ3v) is 16.0. The highest BCUT2D eigenvalue weighted by Crippen LogP contribution is 2.43. The maximum absolute atomic E-state index is 14.1. The van der Waals surface area contributed by atoms with Crippen molar-refractivity contribution in [3.05, 3.63) is 107 Å². The van der Waals surface area contributed by atoms with Crippen LogP contribution in [-0.2, 0) is 30.3 Å². The average molecular weight is 1080 g/mol. The molecule has 8 rings (SSSR count). The number of carbonyl (C=O) groups excluding carboxylic acids is 2. The summed E-state index contributed by atoms with van der Waals surface area (Å²) < 4.78 is 102. The first kappa shape index (κ1) is 54.5. The molecule has 3 aromatic carbocycles. The Balaban J connectivity index is 0.994. The number of aromatic amines is 1. The van der Waals surface area contributed by atoms with Crippen LogP contribution in [-0.4, -0.2) is 134 Å². The van der Waals surface area contributed by atoms with Crippen LogP contribution in [0.4, 0.5) is 29.3 Å². The van der Waals surface area contributed by atoms with Crippen molar-refractivity contribution in [1.29, 1.82) is 0 Å². The molecule has 0 radical (unpaired) electrons. The molecule has 5 aromatic rings. The lowest BCUT2D eigenvalue weighted by Gasteiger charge is -2.41. The molecule has 398 valence electrons. The Labute approximate surface area is 436 Å². The number of amides is 2. The van der Waals surface area contributed by atoms with Crippen LogP contribution < -0.4 is 25.0 Å². The number of rotatable bonds is 17. The summed E-state index contributed by atoms with van der Waals surface area (Å²) in [6.45, 7) is 14.9. The number of alkyl carbamates (subject to hydrolysis) is 1. The zero-order chi connectivity index (χ0) is 52.8. The van der Waals surface area contributed by atoms with E-state index in [2.05, 4.69) is 42.2 Å². The van der Waals surface area contributed by atoms with Crippen molar-refractivity contribution in [3.8, 4) is 11.5 Å². The van der Waals surface area contributed by atoms with Crippen LogP contribution >= 0.6 is 11.6 Å². The van der Waals surface area contributed by atoms with E-state index in [0.717, 1.165) is 55.4 Å². The Bertz CT molecular complexity index is 2990. The summed E-state index contributed by atoms with van der Waals surface area (Å²) in [7, 11) is -8.44. The first-order valence-electron chi connectivity index (χ1n) is 24.5. The SMILES string of the molecule is CC1(CNC(=O)OC(C)(C)C)CCC(c2ccc(Cl)cc2)=C(CN2CCN(c3ccc(C(=O)NS(=O)(=O)c4ccc(NCCCN5CCOCC5)c(S(=O)C(F)(F)F)c4)c(Oc4cnc5[nH]ccc5c4)c3)CC2)C1. The fourth-order valence-corrected chi connectivity index (χ4v) is 11.4. The second-order valence-corrected chi connectivity index (χ2v) is 23.7. The number of aromatic nitrogens is 2. The van der Waals surface area contributed by atoms with Gasteiger partial charge in [0.05, 0.1) is 40.5 Å². The van der Waals surface area contributed by atoms with Crippen molar-refractivity contribution in [2.24, 2.45) is 5.41 Å². The molecule has 1 aliphatic carbocycles. The summed E-state index contributed by atoms with van der Waals surface area (Å²) in [5.74, 6) is -0.848. The van der Waals surface area contributed by atoms with Crippen LogP contribution in [0.1, 0.15) is 69.3 Å². The molecule has 4 heterocycles. The predicted molar refractivity (Wildman–Crippen MR) is 280 cm³/mol. The van der Waals surface area contributed by atoms with Crippen LogP contribution in [0.25, 0.3) is 16.6 Å². The molecule has 16 nitrogen and oxygen atoms in total. The highest BCUT2D eigenvalue weighted by molar-refractivity contribution is 7.90. The van der Waals surface area contributed by atoms with E-state index >= 15 is 0 Å². The zero-order valence-electron chi connectivity index (χ0n) is 41.8. The van der Waals surface area contributed by atoms with Crippen molar-refractivity contribution < 1.29 is 49.6 Å². The second kappa shape index (κ2) is 23.0. The van der Waals surface area contributed by atoms with Gasteiger partial charge in [0, 0.05) is 87.3 Å².